The van der Waals surface area contributed by atoms with Gasteiger partial charge in [-0.05, 0) is 0 Å². The molecule has 1 aliphatic rings. The van der Waals surface area contributed by atoms with Crippen LogP contribution in [-0.2, 0) is 4.84 Å². The molecule has 0 aromatic heterocycles. The van der Waals surface area contributed by atoms with Crippen LogP contribution < -0.4 is 5.48 Å². The minimum atomic E-state index is 0.728. The Morgan fingerprint density at radius 2 is 2.71 bits per heavy atom. The normalized spacial score (nSPS) is 20.4. The van der Waals surface area contributed by atoms with E-state index < -0.39 is 0 Å². The van der Waals surface area contributed by atoms with Gasteiger partial charge in [-0.3, -0.25) is 4.99 Å². The van der Waals surface area contributed by atoms with Gasteiger partial charge in [0.2, 0.25) is 5.90 Å². The van der Waals surface area contributed by atoms with Crippen molar-refractivity contribution >= 4 is 5.90 Å². The first-order chi connectivity index (χ1) is 3.39. The van der Waals surface area contributed by atoms with Crippen LogP contribution in [-0.4, -0.2) is 19.0 Å². The maximum atomic E-state index is 4.78. The molecular weight excluding hydrogens is 92.1 g/mol. The number of rotatable bonds is 0. The fourth-order valence-electron chi connectivity index (χ4n) is 0.447. The highest BCUT2D eigenvalue weighted by Gasteiger charge is 1.95. The lowest BCUT2D eigenvalue weighted by Gasteiger charge is -2.09. The topological polar surface area (TPSA) is 33.6 Å². The van der Waals surface area contributed by atoms with Gasteiger partial charge >= 0.3 is 0 Å². The lowest BCUT2D eigenvalue weighted by Crippen LogP contribution is -2.26. The number of nitrogens with one attached hydrogen (secondary N) is 1. The van der Waals surface area contributed by atoms with Crippen LogP contribution in [0, 0.1) is 0 Å². The lowest BCUT2D eigenvalue weighted by atomic mass is 10.6. The van der Waals surface area contributed by atoms with Gasteiger partial charge in [0.1, 0.15) is 0 Å². The standard InChI is InChI=1S/C4H8N2O/c1-4-5-2-3-6-7-4/h6H,2-3H2,1H3. The Bertz CT molecular complexity index is 89.7. The largest absolute Gasteiger partial charge is 0.394 e. The van der Waals surface area contributed by atoms with E-state index in [1.54, 1.807) is 0 Å². The van der Waals surface area contributed by atoms with Crippen LogP contribution in [0.4, 0.5) is 0 Å². The molecule has 0 unspecified atom stereocenters. The van der Waals surface area contributed by atoms with Crippen molar-refractivity contribution in [1.82, 2.24) is 5.48 Å². The first-order valence-electron chi connectivity index (χ1n) is 2.30. The molecule has 0 saturated carbocycles. The molecular formula is C4H8N2O. The van der Waals surface area contributed by atoms with Gasteiger partial charge in [0, 0.05) is 6.92 Å². The molecule has 3 nitrogen and oxygen atoms in total. The SMILES string of the molecule is CC1=NCCNO1. The molecule has 0 radical (unpaired) electrons. The monoisotopic (exact) mass is 100 g/mol. The van der Waals surface area contributed by atoms with E-state index in [0.29, 0.717) is 0 Å². The minimum absolute atomic E-state index is 0.728. The molecule has 0 spiro atoms. The molecule has 0 aromatic rings. The summed E-state index contributed by atoms with van der Waals surface area (Å²) in [6.07, 6.45) is 0. The third-order valence-corrected chi connectivity index (χ3v) is 0.768. The third kappa shape index (κ3) is 1.16. The summed E-state index contributed by atoms with van der Waals surface area (Å²) in [6, 6.07) is 0. The molecule has 0 saturated heterocycles. The van der Waals surface area contributed by atoms with Crippen LogP contribution in [0.25, 0.3) is 0 Å². The number of hydrogen-bond acceptors (Lipinski definition) is 3. The van der Waals surface area contributed by atoms with Crippen LogP contribution in [0.3, 0.4) is 0 Å². The van der Waals surface area contributed by atoms with Crippen molar-refractivity contribution in [2.45, 2.75) is 6.92 Å². The Balaban J connectivity index is 2.40. The highest BCUT2D eigenvalue weighted by atomic mass is 16.7. The lowest BCUT2D eigenvalue weighted by molar-refractivity contribution is 0.169. The maximum Gasteiger partial charge on any atom is 0.206 e. The molecule has 3 heteroatoms. The van der Waals surface area contributed by atoms with Crippen molar-refractivity contribution < 1.29 is 4.84 Å². The van der Waals surface area contributed by atoms with Crippen molar-refractivity contribution in [3.05, 3.63) is 0 Å². The van der Waals surface area contributed by atoms with Gasteiger partial charge in [-0.2, -0.15) is 5.48 Å². The molecule has 7 heavy (non-hydrogen) atoms. The summed E-state index contributed by atoms with van der Waals surface area (Å²) >= 11 is 0. The zero-order valence-corrected chi connectivity index (χ0v) is 4.27. The summed E-state index contributed by atoms with van der Waals surface area (Å²) < 4.78 is 0. The summed E-state index contributed by atoms with van der Waals surface area (Å²) in [5, 5.41) is 0. The van der Waals surface area contributed by atoms with E-state index in [-0.39, 0.29) is 0 Å². The van der Waals surface area contributed by atoms with E-state index >= 15 is 0 Å². The Morgan fingerprint density at radius 3 is 3.00 bits per heavy atom. The first kappa shape index (κ1) is 4.59. The zero-order valence-electron chi connectivity index (χ0n) is 4.27. The summed E-state index contributed by atoms with van der Waals surface area (Å²) in [5.41, 5.74) is 2.70. The molecule has 40 valence electrons. The smallest absolute Gasteiger partial charge is 0.206 e. The fraction of sp³-hybridized carbons (Fsp3) is 0.750. The molecule has 0 aliphatic carbocycles. The van der Waals surface area contributed by atoms with E-state index in [0.717, 1.165) is 19.0 Å². The quantitative estimate of drug-likeness (QED) is 0.462. The van der Waals surface area contributed by atoms with Gasteiger partial charge in [0.05, 0.1) is 13.1 Å². The van der Waals surface area contributed by atoms with E-state index in [2.05, 4.69) is 10.5 Å². The number of hydrogen-bond donors (Lipinski definition) is 1. The molecule has 0 aromatic carbocycles. The average molecular weight is 100 g/mol. The van der Waals surface area contributed by atoms with Crippen molar-refractivity contribution in [3.8, 4) is 0 Å². The maximum absolute atomic E-state index is 4.78. The molecule has 1 aliphatic heterocycles. The highest BCUT2D eigenvalue weighted by molar-refractivity contribution is 5.73. The number of nitrogens with zero attached hydrogens (tertiary/aromatic N) is 1. The van der Waals surface area contributed by atoms with Gasteiger partial charge < -0.3 is 4.84 Å². The zero-order chi connectivity index (χ0) is 5.11. The van der Waals surface area contributed by atoms with Gasteiger partial charge in [0.15, 0.2) is 0 Å². The van der Waals surface area contributed by atoms with Crippen LogP contribution >= 0.6 is 0 Å². The van der Waals surface area contributed by atoms with Crippen LogP contribution in [0.15, 0.2) is 4.99 Å². The molecule has 0 atom stereocenters. The molecule has 1 rings (SSSR count). The average Bonchev–Trinajstić information content (AvgIpc) is 1.69. The first-order valence-corrected chi connectivity index (χ1v) is 2.30. The Kier molecular flexibility index (Phi) is 1.26. The molecule has 0 amide bonds. The number of hydroxylamine groups is 1. The predicted octanol–water partition coefficient (Wildman–Crippen LogP) is -0.0604. The van der Waals surface area contributed by atoms with E-state index in [1.165, 1.54) is 0 Å². The van der Waals surface area contributed by atoms with Crippen LogP contribution in [0.1, 0.15) is 6.92 Å². The van der Waals surface area contributed by atoms with E-state index in [1.807, 2.05) is 6.92 Å². The summed E-state index contributed by atoms with van der Waals surface area (Å²) in [7, 11) is 0. The summed E-state index contributed by atoms with van der Waals surface area (Å²) in [6.45, 7) is 3.50. The second-order valence-electron chi connectivity index (χ2n) is 1.40. The molecule has 0 fully saturated rings. The summed E-state index contributed by atoms with van der Waals surface area (Å²) in [5.74, 6) is 0.728. The van der Waals surface area contributed by atoms with Gasteiger partial charge in [-0.25, -0.2) is 0 Å². The molecule has 1 heterocycles. The van der Waals surface area contributed by atoms with Crippen molar-refractivity contribution in [1.29, 1.82) is 0 Å². The van der Waals surface area contributed by atoms with E-state index in [9.17, 15) is 0 Å². The van der Waals surface area contributed by atoms with Crippen molar-refractivity contribution in [3.63, 3.8) is 0 Å². The third-order valence-electron chi connectivity index (χ3n) is 0.768. The van der Waals surface area contributed by atoms with Crippen molar-refractivity contribution in [2.24, 2.45) is 4.99 Å². The Morgan fingerprint density at radius 1 is 1.86 bits per heavy atom. The highest BCUT2D eigenvalue weighted by Crippen LogP contribution is 1.82. The van der Waals surface area contributed by atoms with E-state index in [4.69, 9.17) is 4.84 Å². The number of aliphatic imine (C=N–C) groups is 1. The summed E-state index contributed by atoms with van der Waals surface area (Å²) in [4.78, 5) is 8.74. The Hall–Kier alpha value is -0.570. The Labute approximate surface area is 42.3 Å². The second kappa shape index (κ2) is 1.93. The molecule has 1 N–H and O–H groups in total. The van der Waals surface area contributed by atoms with Crippen molar-refractivity contribution in [2.75, 3.05) is 13.1 Å². The van der Waals surface area contributed by atoms with Gasteiger partial charge in [-0.1, -0.05) is 0 Å². The predicted molar refractivity (Wildman–Crippen MR) is 27.1 cm³/mol. The van der Waals surface area contributed by atoms with Crippen LogP contribution in [0.5, 0.6) is 0 Å². The van der Waals surface area contributed by atoms with Gasteiger partial charge in [0.25, 0.3) is 0 Å². The van der Waals surface area contributed by atoms with Gasteiger partial charge in [-0.15, -0.1) is 0 Å². The molecule has 0 bridgehead atoms. The fourth-order valence-corrected chi connectivity index (χ4v) is 0.447. The van der Waals surface area contributed by atoms with Crippen LogP contribution in [0.2, 0.25) is 0 Å². The minimum Gasteiger partial charge on any atom is -0.394 e. The second-order valence-corrected chi connectivity index (χ2v) is 1.40.